The molecular weight excluding hydrogens is 144 g/mol. The number of oxime groups is 1. The SMILES string of the molecule is N/C(CCO)=N\OC1CCC1. The lowest BCUT2D eigenvalue weighted by Gasteiger charge is -2.22. The minimum Gasteiger partial charge on any atom is -0.396 e. The topological polar surface area (TPSA) is 67.8 Å². The molecule has 1 aliphatic rings. The van der Waals surface area contributed by atoms with E-state index in [2.05, 4.69) is 5.16 Å². The maximum atomic E-state index is 8.46. The monoisotopic (exact) mass is 158 g/mol. The molecule has 0 aromatic carbocycles. The molecular formula is C7H14N2O2. The second-order valence-corrected chi connectivity index (χ2v) is 2.71. The molecule has 3 N–H and O–H groups in total. The van der Waals surface area contributed by atoms with Gasteiger partial charge in [0.1, 0.15) is 11.9 Å². The maximum Gasteiger partial charge on any atom is 0.141 e. The van der Waals surface area contributed by atoms with Crippen molar-refractivity contribution in [3.63, 3.8) is 0 Å². The maximum absolute atomic E-state index is 8.46. The molecule has 4 nitrogen and oxygen atoms in total. The molecule has 11 heavy (non-hydrogen) atoms. The lowest BCUT2D eigenvalue weighted by molar-refractivity contribution is 0.00532. The average Bonchev–Trinajstić information content (AvgIpc) is 1.85. The highest BCUT2D eigenvalue weighted by Crippen LogP contribution is 2.21. The molecule has 0 radical (unpaired) electrons. The van der Waals surface area contributed by atoms with Crippen molar-refractivity contribution in [3.8, 4) is 0 Å². The Morgan fingerprint density at radius 2 is 2.36 bits per heavy atom. The zero-order valence-electron chi connectivity index (χ0n) is 6.49. The Morgan fingerprint density at radius 3 is 2.82 bits per heavy atom. The van der Waals surface area contributed by atoms with Crippen LogP contribution in [0.1, 0.15) is 25.7 Å². The van der Waals surface area contributed by atoms with Crippen LogP contribution in [0.5, 0.6) is 0 Å². The summed E-state index contributed by atoms with van der Waals surface area (Å²) in [5.41, 5.74) is 5.38. The van der Waals surface area contributed by atoms with Gasteiger partial charge in [0.05, 0.1) is 6.61 Å². The van der Waals surface area contributed by atoms with E-state index in [-0.39, 0.29) is 12.7 Å². The van der Waals surface area contributed by atoms with E-state index in [1.807, 2.05) is 0 Å². The van der Waals surface area contributed by atoms with Crippen LogP contribution < -0.4 is 5.73 Å². The average molecular weight is 158 g/mol. The summed E-state index contributed by atoms with van der Waals surface area (Å²) in [7, 11) is 0. The number of nitrogens with two attached hydrogens (primary N) is 1. The molecule has 0 spiro atoms. The van der Waals surface area contributed by atoms with Crippen LogP contribution in [0.15, 0.2) is 5.16 Å². The number of aliphatic hydroxyl groups excluding tert-OH is 1. The van der Waals surface area contributed by atoms with Crippen LogP contribution in [0.25, 0.3) is 0 Å². The molecule has 1 rings (SSSR count). The van der Waals surface area contributed by atoms with Crippen LogP contribution in [0.4, 0.5) is 0 Å². The van der Waals surface area contributed by atoms with Crippen molar-refractivity contribution in [1.82, 2.24) is 0 Å². The fraction of sp³-hybridized carbons (Fsp3) is 0.857. The van der Waals surface area contributed by atoms with E-state index in [1.165, 1.54) is 6.42 Å². The number of rotatable bonds is 4. The van der Waals surface area contributed by atoms with Crippen LogP contribution >= 0.6 is 0 Å². The number of amidine groups is 1. The zero-order chi connectivity index (χ0) is 8.10. The molecule has 0 unspecified atom stereocenters. The summed E-state index contributed by atoms with van der Waals surface area (Å²) in [5, 5.41) is 12.1. The molecule has 4 heteroatoms. The quantitative estimate of drug-likeness (QED) is 0.349. The highest BCUT2D eigenvalue weighted by atomic mass is 16.6. The van der Waals surface area contributed by atoms with Gasteiger partial charge < -0.3 is 15.7 Å². The third-order valence-corrected chi connectivity index (χ3v) is 1.74. The first-order valence-electron chi connectivity index (χ1n) is 3.92. The van der Waals surface area contributed by atoms with Crippen LogP contribution in [-0.4, -0.2) is 23.7 Å². The predicted molar refractivity (Wildman–Crippen MR) is 42.0 cm³/mol. The van der Waals surface area contributed by atoms with Gasteiger partial charge in [0.2, 0.25) is 0 Å². The first-order chi connectivity index (χ1) is 5.33. The Labute approximate surface area is 66.0 Å². The minimum atomic E-state index is 0.0311. The van der Waals surface area contributed by atoms with Gasteiger partial charge in [0, 0.05) is 6.42 Å². The van der Waals surface area contributed by atoms with Crippen molar-refractivity contribution >= 4 is 5.84 Å². The summed E-state index contributed by atoms with van der Waals surface area (Å²) in [4.78, 5) is 5.04. The number of hydrogen-bond acceptors (Lipinski definition) is 3. The molecule has 0 bridgehead atoms. The van der Waals surface area contributed by atoms with Crippen molar-refractivity contribution < 1.29 is 9.94 Å². The van der Waals surface area contributed by atoms with Crippen molar-refractivity contribution in [2.24, 2.45) is 10.9 Å². The van der Waals surface area contributed by atoms with E-state index in [1.54, 1.807) is 0 Å². The summed E-state index contributed by atoms with van der Waals surface area (Å²) in [6.07, 6.45) is 4.05. The number of hydrogen-bond donors (Lipinski definition) is 2. The Morgan fingerprint density at radius 1 is 1.64 bits per heavy atom. The Hall–Kier alpha value is -0.770. The van der Waals surface area contributed by atoms with E-state index in [4.69, 9.17) is 15.7 Å². The minimum absolute atomic E-state index is 0.0311. The van der Waals surface area contributed by atoms with Crippen molar-refractivity contribution in [1.29, 1.82) is 0 Å². The fourth-order valence-electron chi connectivity index (χ4n) is 0.779. The molecule has 1 saturated carbocycles. The van der Waals surface area contributed by atoms with Crippen LogP contribution in [0.2, 0.25) is 0 Å². The van der Waals surface area contributed by atoms with Crippen molar-refractivity contribution in [3.05, 3.63) is 0 Å². The normalized spacial score (nSPS) is 19.5. The number of aliphatic hydroxyl groups is 1. The second kappa shape index (κ2) is 4.18. The van der Waals surface area contributed by atoms with Gasteiger partial charge in [0.15, 0.2) is 0 Å². The van der Waals surface area contributed by atoms with E-state index in [0.29, 0.717) is 12.3 Å². The largest absolute Gasteiger partial charge is 0.396 e. The van der Waals surface area contributed by atoms with Gasteiger partial charge in [-0.15, -0.1) is 0 Å². The van der Waals surface area contributed by atoms with Crippen molar-refractivity contribution in [2.45, 2.75) is 31.8 Å². The van der Waals surface area contributed by atoms with Gasteiger partial charge >= 0.3 is 0 Å². The summed E-state index contributed by atoms with van der Waals surface area (Å²) in [6, 6.07) is 0. The third kappa shape index (κ3) is 2.76. The standard InChI is InChI=1S/C7H14N2O2/c8-7(4-5-10)9-11-6-2-1-3-6/h6,10H,1-5H2,(H2,8,9). The highest BCUT2D eigenvalue weighted by molar-refractivity contribution is 5.79. The van der Waals surface area contributed by atoms with Crippen LogP contribution in [0, 0.1) is 0 Å². The third-order valence-electron chi connectivity index (χ3n) is 1.74. The van der Waals surface area contributed by atoms with Crippen molar-refractivity contribution in [2.75, 3.05) is 6.61 Å². The van der Waals surface area contributed by atoms with E-state index in [0.717, 1.165) is 12.8 Å². The van der Waals surface area contributed by atoms with Gasteiger partial charge in [-0.05, 0) is 19.3 Å². The van der Waals surface area contributed by atoms with Gasteiger partial charge in [-0.3, -0.25) is 0 Å². The molecule has 64 valence electrons. The number of nitrogens with zero attached hydrogens (tertiary/aromatic N) is 1. The highest BCUT2D eigenvalue weighted by Gasteiger charge is 2.18. The Kier molecular flexibility index (Phi) is 3.16. The van der Waals surface area contributed by atoms with Crippen LogP contribution in [-0.2, 0) is 4.84 Å². The predicted octanol–water partition coefficient (Wildman–Crippen LogP) is 0.210. The smallest absolute Gasteiger partial charge is 0.141 e. The second-order valence-electron chi connectivity index (χ2n) is 2.71. The molecule has 0 aromatic rings. The molecule has 1 fully saturated rings. The van der Waals surface area contributed by atoms with Gasteiger partial charge in [-0.2, -0.15) is 0 Å². The van der Waals surface area contributed by atoms with Gasteiger partial charge in [-0.1, -0.05) is 5.16 Å². The molecule has 0 heterocycles. The molecule has 0 aromatic heterocycles. The summed E-state index contributed by atoms with van der Waals surface area (Å²) in [6.45, 7) is 0.0311. The van der Waals surface area contributed by atoms with E-state index in [9.17, 15) is 0 Å². The molecule has 0 saturated heterocycles. The molecule has 0 atom stereocenters. The first-order valence-corrected chi connectivity index (χ1v) is 3.92. The summed E-state index contributed by atoms with van der Waals surface area (Å²) < 4.78 is 0. The Bertz CT molecular complexity index is 143. The molecule has 0 amide bonds. The van der Waals surface area contributed by atoms with Crippen LogP contribution in [0.3, 0.4) is 0 Å². The lowest BCUT2D eigenvalue weighted by Crippen LogP contribution is -2.22. The van der Waals surface area contributed by atoms with Gasteiger partial charge in [0.25, 0.3) is 0 Å². The first kappa shape index (κ1) is 8.33. The fourth-order valence-corrected chi connectivity index (χ4v) is 0.779. The van der Waals surface area contributed by atoms with E-state index >= 15 is 0 Å². The lowest BCUT2D eigenvalue weighted by atomic mass is 9.97. The Balaban J connectivity index is 2.10. The zero-order valence-corrected chi connectivity index (χ0v) is 6.49. The van der Waals surface area contributed by atoms with E-state index < -0.39 is 0 Å². The summed E-state index contributed by atoms with van der Waals surface area (Å²) >= 11 is 0. The molecule has 0 aliphatic heterocycles. The summed E-state index contributed by atoms with van der Waals surface area (Å²) in [5.74, 6) is 0.374. The molecule has 1 aliphatic carbocycles. The van der Waals surface area contributed by atoms with Gasteiger partial charge in [-0.25, -0.2) is 0 Å².